The topological polar surface area (TPSA) is 65.3 Å². The van der Waals surface area contributed by atoms with Crippen LogP contribution in [0.3, 0.4) is 0 Å². The molecule has 0 radical (unpaired) electrons. The zero-order valence-corrected chi connectivity index (χ0v) is 18.4. The first-order chi connectivity index (χ1) is 13.1. The second-order valence-corrected chi connectivity index (χ2v) is 10.0. The maximum absolute atomic E-state index is 6.57. The molecule has 2 aromatic heterocycles. The van der Waals surface area contributed by atoms with Gasteiger partial charge < -0.3 is 18.9 Å². The Labute approximate surface area is 176 Å². The van der Waals surface area contributed by atoms with Gasteiger partial charge >= 0.3 is 0 Å². The smallest absolute Gasteiger partial charge is 0.226 e. The molecule has 0 aromatic carbocycles. The number of anilines is 1. The summed E-state index contributed by atoms with van der Waals surface area (Å²) < 4.78 is 14.3. The largest absolute Gasteiger partial charge is 0.378 e. The molecule has 142 valence electrons. The monoisotopic (exact) mass is 395 g/mol. The zero-order chi connectivity index (χ0) is 20.3. The van der Waals surface area contributed by atoms with Gasteiger partial charge in [0.1, 0.15) is 5.82 Å². The molecule has 4 heterocycles. The summed E-state index contributed by atoms with van der Waals surface area (Å²) in [5.41, 5.74) is 1.02. The lowest BCUT2D eigenvalue weighted by Crippen LogP contribution is -2.57. The van der Waals surface area contributed by atoms with E-state index in [4.69, 9.17) is 26.1 Å². The van der Waals surface area contributed by atoms with Crippen LogP contribution in [0.15, 0.2) is 0 Å². The van der Waals surface area contributed by atoms with E-state index < -0.39 is 5.60 Å². The van der Waals surface area contributed by atoms with Crippen molar-refractivity contribution >= 4 is 75.7 Å². The molecule has 0 saturated carbocycles. The molecule has 0 N–H and O–H groups in total. The maximum Gasteiger partial charge on any atom is 0.226 e. The van der Waals surface area contributed by atoms with Gasteiger partial charge in [-0.1, -0.05) is 10.2 Å². The molecular weight excluding hydrogens is 371 g/mol. The second-order valence-electron chi connectivity index (χ2n) is 9.70. The van der Waals surface area contributed by atoms with Crippen molar-refractivity contribution in [2.45, 2.75) is 22.4 Å². The number of rotatable bonds is 3. The van der Waals surface area contributed by atoms with Gasteiger partial charge in [-0.3, -0.25) is 0 Å². The summed E-state index contributed by atoms with van der Waals surface area (Å²) in [6.45, 7) is 4.20. The summed E-state index contributed by atoms with van der Waals surface area (Å²) in [6.07, 6.45) is 0. The minimum Gasteiger partial charge on any atom is -0.378 e. The molecule has 1 fully saturated rings. The van der Waals surface area contributed by atoms with Gasteiger partial charge in [-0.05, 0) is 11.6 Å². The predicted octanol–water partition coefficient (Wildman–Crippen LogP) is -4.51. The van der Waals surface area contributed by atoms with Crippen molar-refractivity contribution in [1.82, 2.24) is 19.5 Å². The Balaban J connectivity index is 2.00. The Hall–Kier alpha value is -1.05. The molecule has 0 atom stereocenters. The van der Waals surface area contributed by atoms with Crippen molar-refractivity contribution in [2.24, 2.45) is 0 Å². The van der Waals surface area contributed by atoms with Crippen LogP contribution >= 0.6 is 11.6 Å². The molecule has 0 bridgehead atoms. The molecule has 0 amide bonds. The van der Waals surface area contributed by atoms with Crippen LogP contribution in [0.5, 0.6) is 0 Å². The van der Waals surface area contributed by atoms with E-state index >= 15 is 0 Å². The first-order valence-corrected chi connectivity index (χ1v) is 10.3. The highest BCUT2D eigenvalue weighted by atomic mass is 35.5. The van der Waals surface area contributed by atoms with Gasteiger partial charge in [0.05, 0.1) is 72.5 Å². The van der Waals surface area contributed by atoms with Crippen molar-refractivity contribution in [1.29, 1.82) is 0 Å². The number of aromatic nitrogens is 4. The molecule has 7 nitrogen and oxygen atoms in total. The van der Waals surface area contributed by atoms with Crippen LogP contribution in [0.1, 0.15) is 5.82 Å². The minimum absolute atomic E-state index is 0.166. The third-order valence-corrected chi connectivity index (χ3v) is 6.09. The molecule has 1 saturated heterocycles. The number of imidazole rings is 1. The van der Waals surface area contributed by atoms with Crippen LogP contribution in [-0.2, 0) is 21.6 Å². The van der Waals surface area contributed by atoms with E-state index in [0.29, 0.717) is 26.4 Å². The van der Waals surface area contributed by atoms with E-state index in [2.05, 4.69) is 66.5 Å². The van der Waals surface area contributed by atoms with Crippen LogP contribution in [0.2, 0.25) is 15.5 Å². The number of nitrogens with zero attached hydrogens (tertiary/aromatic N) is 5. The minimum atomic E-state index is -0.562. The lowest BCUT2D eigenvalue weighted by atomic mass is 9.23. The van der Waals surface area contributed by atoms with Gasteiger partial charge in [-0.25, -0.2) is 4.98 Å². The molecule has 2 aliphatic heterocycles. The van der Waals surface area contributed by atoms with Gasteiger partial charge in [-0.2, -0.15) is 9.97 Å². The number of halogens is 1. The van der Waals surface area contributed by atoms with E-state index in [0.717, 1.165) is 35.9 Å². The average molecular weight is 395 g/mol. The summed E-state index contributed by atoms with van der Waals surface area (Å²) >= 11 is 6.34. The number of morpholine rings is 1. The van der Waals surface area contributed by atoms with E-state index in [-0.39, 0.29) is 15.5 Å². The van der Waals surface area contributed by atoms with Crippen molar-refractivity contribution in [3.63, 3.8) is 0 Å². The molecule has 0 spiro atoms. The highest BCUT2D eigenvalue weighted by Crippen LogP contribution is 2.55. The molecular formula is C14H24B6ClN5O2. The molecule has 4 rings (SSSR count). The zero-order valence-electron chi connectivity index (χ0n) is 17.7. The summed E-state index contributed by atoms with van der Waals surface area (Å²) in [6, 6.07) is 0. The van der Waals surface area contributed by atoms with Crippen LogP contribution in [0.4, 0.5) is 5.82 Å². The maximum atomic E-state index is 6.57. The van der Waals surface area contributed by atoms with Gasteiger partial charge in [-0.15, -0.1) is 0 Å². The Morgan fingerprint density at radius 1 is 0.893 bits per heavy atom. The summed E-state index contributed by atoms with van der Waals surface area (Å²) in [5, 5.41) is -0.0808. The Morgan fingerprint density at radius 2 is 1.54 bits per heavy atom. The standard InChI is InChI=1S/C14H24B6ClN5O2/c15-13(16,17)12(14(18,19)20)10-22-7-8(25-1-4-27-5-2-25)23-11(21)24-9(7)26(10)3-6-28-12/h1-6,15-20H2. The number of hydrogen-bond donors (Lipinski definition) is 0. The van der Waals surface area contributed by atoms with Crippen LogP contribution in [0, 0.1) is 0 Å². The third kappa shape index (κ3) is 2.92. The van der Waals surface area contributed by atoms with Gasteiger partial charge in [0, 0.05) is 19.6 Å². The normalized spacial score (nSPS) is 20.2. The van der Waals surface area contributed by atoms with Crippen LogP contribution in [-0.4, -0.2) is 99.5 Å². The van der Waals surface area contributed by atoms with E-state index in [1.807, 2.05) is 0 Å². The van der Waals surface area contributed by atoms with Crippen LogP contribution < -0.4 is 4.90 Å². The molecule has 14 heteroatoms. The first kappa shape index (κ1) is 20.2. The van der Waals surface area contributed by atoms with Gasteiger partial charge in [0.25, 0.3) is 0 Å². The van der Waals surface area contributed by atoms with Gasteiger partial charge in [0.15, 0.2) is 17.0 Å². The van der Waals surface area contributed by atoms with Crippen molar-refractivity contribution in [3.05, 3.63) is 11.1 Å². The fourth-order valence-electron chi connectivity index (χ4n) is 5.02. The quantitative estimate of drug-likeness (QED) is 0.386. The Kier molecular flexibility index (Phi) is 4.87. The summed E-state index contributed by atoms with van der Waals surface area (Å²) in [4.78, 5) is 16.4. The summed E-state index contributed by atoms with van der Waals surface area (Å²) in [5.74, 6) is 1.71. The highest BCUT2D eigenvalue weighted by Gasteiger charge is 2.56. The second kappa shape index (κ2) is 6.74. The molecule has 28 heavy (non-hydrogen) atoms. The number of ether oxygens (including phenoxy) is 2. The third-order valence-electron chi connectivity index (χ3n) is 5.92. The van der Waals surface area contributed by atoms with E-state index in [9.17, 15) is 0 Å². The molecule has 2 aromatic rings. The van der Waals surface area contributed by atoms with Crippen molar-refractivity contribution in [2.75, 3.05) is 37.8 Å². The lowest BCUT2D eigenvalue weighted by molar-refractivity contribution is -0.0798. The molecule has 0 unspecified atom stereocenters. The van der Waals surface area contributed by atoms with Crippen LogP contribution in [0.25, 0.3) is 11.2 Å². The predicted molar refractivity (Wildman–Crippen MR) is 128 cm³/mol. The lowest BCUT2D eigenvalue weighted by Gasteiger charge is -2.55. The molecule has 2 aliphatic rings. The highest BCUT2D eigenvalue weighted by molar-refractivity contribution is 6.65. The number of hydrogen-bond acceptors (Lipinski definition) is 6. The average Bonchev–Trinajstić information content (AvgIpc) is 2.98. The first-order valence-electron chi connectivity index (χ1n) is 9.97. The Morgan fingerprint density at radius 3 is 2.14 bits per heavy atom. The van der Waals surface area contributed by atoms with E-state index in [1.54, 1.807) is 0 Å². The Bertz CT molecular complexity index is 894. The van der Waals surface area contributed by atoms with Crippen molar-refractivity contribution in [3.8, 4) is 0 Å². The fraction of sp³-hybridized carbons (Fsp3) is 0.643. The van der Waals surface area contributed by atoms with Crippen molar-refractivity contribution < 1.29 is 9.47 Å². The fourth-order valence-corrected chi connectivity index (χ4v) is 5.18. The van der Waals surface area contributed by atoms with Gasteiger partial charge in [0.2, 0.25) is 5.28 Å². The molecule has 0 aliphatic carbocycles. The SMILES string of the molecule is BC(B)(B)C1(C(B)(B)B)OCCn2c1nc1c(N3CCOCC3)nc(Cl)nc12. The summed E-state index contributed by atoms with van der Waals surface area (Å²) in [7, 11) is 13.3. The number of fused-ring (bicyclic) bond motifs is 3. The van der Waals surface area contributed by atoms with E-state index in [1.165, 1.54) is 0 Å².